The zero-order chi connectivity index (χ0) is 16.2. The molecule has 0 bridgehead atoms. The third-order valence-corrected chi connectivity index (χ3v) is 6.46. The standard InChI is InChI=1S/C20H38N2O/c1-15(2)22-13-17(11-20(23)18-8-9-18)10-19(14-22)21-12-16-6-4-3-5-7-16/h15-21,23H,3-14H2,1-2H3. The van der Waals surface area contributed by atoms with Crippen LogP contribution in [0.5, 0.6) is 0 Å². The van der Waals surface area contributed by atoms with Crippen molar-refractivity contribution >= 4 is 0 Å². The Labute approximate surface area is 143 Å². The van der Waals surface area contributed by atoms with Crippen molar-refractivity contribution in [3.05, 3.63) is 0 Å². The zero-order valence-electron chi connectivity index (χ0n) is 15.3. The molecular weight excluding hydrogens is 284 g/mol. The summed E-state index contributed by atoms with van der Waals surface area (Å²) >= 11 is 0. The molecule has 0 aromatic rings. The molecule has 1 heterocycles. The van der Waals surface area contributed by atoms with Crippen LogP contribution in [0, 0.1) is 17.8 Å². The normalized spacial score (nSPS) is 32.3. The highest BCUT2D eigenvalue weighted by molar-refractivity contribution is 4.89. The number of aliphatic hydroxyl groups is 1. The number of rotatable bonds is 7. The summed E-state index contributed by atoms with van der Waals surface area (Å²) in [6, 6.07) is 1.25. The lowest BCUT2D eigenvalue weighted by Crippen LogP contribution is -2.52. The number of aliphatic hydroxyl groups excluding tert-OH is 1. The van der Waals surface area contributed by atoms with E-state index in [-0.39, 0.29) is 6.10 Å². The molecule has 3 aliphatic rings. The van der Waals surface area contributed by atoms with E-state index in [1.807, 2.05) is 0 Å². The summed E-state index contributed by atoms with van der Waals surface area (Å²) in [6.07, 6.45) is 11.9. The van der Waals surface area contributed by atoms with Crippen molar-refractivity contribution in [2.75, 3.05) is 19.6 Å². The molecule has 23 heavy (non-hydrogen) atoms. The van der Waals surface area contributed by atoms with Crippen LogP contribution in [-0.2, 0) is 0 Å². The summed E-state index contributed by atoms with van der Waals surface area (Å²) < 4.78 is 0. The van der Waals surface area contributed by atoms with Gasteiger partial charge >= 0.3 is 0 Å². The predicted molar refractivity (Wildman–Crippen MR) is 96.5 cm³/mol. The molecular formula is C20H38N2O. The van der Waals surface area contributed by atoms with Gasteiger partial charge in [0.1, 0.15) is 0 Å². The fraction of sp³-hybridized carbons (Fsp3) is 1.00. The van der Waals surface area contributed by atoms with Crippen molar-refractivity contribution in [2.24, 2.45) is 17.8 Å². The number of hydrogen-bond donors (Lipinski definition) is 2. The van der Waals surface area contributed by atoms with E-state index in [0.717, 1.165) is 12.3 Å². The molecule has 134 valence electrons. The molecule has 3 nitrogen and oxygen atoms in total. The molecule has 2 saturated carbocycles. The van der Waals surface area contributed by atoms with Crippen LogP contribution >= 0.6 is 0 Å². The Bertz CT molecular complexity index is 348. The first-order chi connectivity index (χ1) is 11.1. The predicted octanol–water partition coefficient (Wildman–Crippen LogP) is 3.42. The van der Waals surface area contributed by atoms with Gasteiger partial charge in [0.25, 0.3) is 0 Å². The highest BCUT2D eigenvalue weighted by Crippen LogP contribution is 2.36. The van der Waals surface area contributed by atoms with Gasteiger partial charge in [0.05, 0.1) is 6.10 Å². The third-order valence-electron chi connectivity index (χ3n) is 6.46. The summed E-state index contributed by atoms with van der Waals surface area (Å²) in [5.41, 5.74) is 0. The van der Waals surface area contributed by atoms with Crippen LogP contribution in [0.2, 0.25) is 0 Å². The van der Waals surface area contributed by atoms with E-state index < -0.39 is 0 Å². The van der Waals surface area contributed by atoms with E-state index in [0.29, 0.717) is 23.9 Å². The minimum absolute atomic E-state index is 0.0360. The van der Waals surface area contributed by atoms with Gasteiger partial charge in [-0.1, -0.05) is 19.3 Å². The van der Waals surface area contributed by atoms with Gasteiger partial charge in [0.15, 0.2) is 0 Å². The van der Waals surface area contributed by atoms with Crippen molar-refractivity contribution in [2.45, 2.75) is 89.8 Å². The first kappa shape index (κ1) is 17.7. The van der Waals surface area contributed by atoms with E-state index in [4.69, 9.17) is 0 Å². The van der Waals surface area contributed by atoms with E-state index in [2.05, 4.69) is 24.1 Å². The molecule has 0 aromatic carbocycles. The van der Waals surface area contributed by atoms with Gasteiger partial charge in [0.2, 0.25) is 0 Å². The minimum Gasteiger partial charge on any atom is -0.393 e. The molecule has 0 aromatic heterocycles. The van der Waals surface area contributed by atoms with Crippen LogP contribution in [0.15, 0.2) is 0 Å². The molecule has 0 spiro atoms. The summed E-state index contributed by atoms with van der Waals surface area (Å²) in [4.78, 5) is 2.63. The fourth-order valence-electron chi connectivity index (χ4n) is 4.72. The number of likely N-dealkylation sites (tertiary alicyclic amines) is 1. The Morgan fingerprint density at radius 2 is 1.74 bits per heavy atom. The molecule has 3 rings (SSSR count). The Balaban J connectivity index is 1.48. The lowest BCUT2D eigenvalue weighted by molar-refractivity contribution is 0.0613. The fourth-order valence-corrected chi connectivity index (χ4v) is 4.72. The minimum atomic E-state index is -0.0360. The summed E-state index contributed by atoms with van der Waals surface area (Å²) in [6.45, 7) is 8.23. The van der Waals surface area contributed by atoms with Gasteiger partial charge in [-0.2, -0.15) is 0 Å². The number of hydrogen-bond acceptors (Lipinski definition) is 3. The van der Waals surface area contributed by atoms with Gasteiger partial charge in [-0.15, -0.1) is 0 Å². The van der Waals surface area contributed by atoms with Crippen molar-refractivity contribution in [3.8, 4) is 0 Å². The van der Waals surface area contributed by atoms with Crippen LogP contribution in [-0.4, -0.2) is 47.8 Å². The zero-order valence-corrected chi connectivity index (χ0v) is 15.3. The lowest BCUT2D eigenvalue weighted by atomic mass is 9.86. The van der Waals surface area contributed by atoms with Crippen LogP contribution in [0.4, 0.5) is 0 Å². The van der Waals surface area contributed by atoms with Gasteiger partial charge < -0.3 is 10.4 Å². The largest absolute Gasteiger partial charge is 0.393 e. The SMILES string of the molecule is CC(C)N1CC(CC(O)C2CC2)CC(NCC2CCCCC2)C1. The second-order valence-electron chi connectivity index (χ2n) is 8.90. The number of piperidine rings is 1. The van der Waals surface area contributed by atoms with E-state index >= 15 is 0 Å². The highest BCUT2D eigenvalue weighted by atomic mass is 16.3. The maximum atomic E-state index is 10.3. The second kappa shape index (κ2) is 8.31. The van der Waals surface area contributed by atoms with Gasteiger partial charge in [-0.05, 0) is 76.7 Å². The van der Waals surface area contributed by atoms with Crippen LogP contribution in [0.25, 0.3) is 0 Å². The Morgan fingerprint density at radius 3 is 2.39 bits per heavy atom. The average Bonchev–Trinajstić information content (AvgIpc) is 3.38. The van der Waals surface area contributed by atoms with Crippen molar-refractivity contribution in [1.29, 1.82) is 0 Å². The smallest absolute Gasteiger partial charge is 0.0571 e. The summed E-state index contributed by atoms with van der Waals surface area (Å²) in [5, 5.41) is 14.2. The Morgan fingerprint density at radius 1 is 1.00 bits per heavy atom. The molecule has 3 atom stereocenters. The van der Waals surface area contributed by atoms with Crippen molar-refractivity contribution < 1.29 is 5.11 Å². The molecule has 2 aliphatic carbocycles. The van der Waals surface area contributed by atoms with Gasteiger partial charge in [0, 0.05) is 25.2 Å². The summed E-state index contributed by atoms with van der Waals surface area (Å²) in [7, 11) is 0. The first-order valence-corrected chi connectivity index (χ1v) is 10.3. The van der Waals surface area contributed by atoms with Crippen LogP contribution < -0.4 is 5.32 Å². The first-order valence-electron chi connectivity index (χ1n) is 10.3. The van der Waals surface area contributed by atoms with Gasteiger partial charge in [-0.25, -0.2) is 0 Å². The van der Waals surface area contributed by atoms with Crippen molar-refractivity contribution in [3.63, 3.8) is 0 Å². The molecule has 0 amide bonds. The highest BCUT2D eigenvalue weighted by Gasteiger charge is 2.35. The lowest BCUT2D eigenvalue weighted by Gasteiger charge is -2.41. The van der Waals surface area contributed by atoms with Gasteiger partial charge in [-0.3, -0.25) is 4.90 Å². The topological polar surface area (TPSA) is 35.5 Å². The molecule has 0 radical (unpaired) electrons. The maximum absolute atomic E-state index is 10.3. The van der Waals surface area contributed by atoms with E-state index in [1.54, 1.807) is 0 Å². The number of nitrogens with zero attached hydrogens (tertiary/aromatic N) is 1. The Kier molecular flexibility index (Phi) is 6.39. The Hall–Kier alpha value is -0.120. The van der Waals surface area contributed by atoms with E-state index in [9.17, 15) is 5.11 Å². The van der Waals surface area contributed by atoms with Crippen LogP contribution in [0.1, 0.15) is 71.6 Å². The molecule has 2 N–H and O–H groups in total. The molecule has 3 unspecified atom stereocenters. The second-order valence-corrected chi connectivity index (χ2v) is 8.90. The molecule has 1 saturated heterocycles. The monoisotopic (exact) mass is 322 g/mol. The van der Waals surface area contributed by atoms with Crippen LogP contribution in [0.3, 0.4) is 0 Å². The average molecular weight is 323 g/mol. The van der Waals surface area contributed by atoms with Crippen molar-refractivity contribution in [1.82, 2.24) is 10.2 Å². The molecule has 3 heteroatoms. The van der Waals surface area contributed by atoms with E-state index in [1.165, 1.54) is 71.0 Å². The quantitative estimate of drug-likeness (QED) is 0.754. The molecule has 3 fully saturated rings. The number of nitrogens with one attached hydrogen (secondary N) is 1. The molecule has 1 aliphatic heterocycles. The maximum Gasteiger partial charge on any atom is 0.0571 e. The summed E-state index contributed by atoms with van der Waals surface area (Å²) in [5.74, 6) is 2.21. The third kappa shape index (κ3) is 5.44.